The molecule has 0 aromatic heterocycles. The van der Waals surface area contributed by atoms with Crippen LogP contribution in [0.4, 0.5) is 11.4 Å². The van der Waals surface area contributed by atoms with Crippen molar-refractivity contribution in [2.24, 2.45) is 10.2 Å². The number of amides is 1. The molecule has 2 fully saturated rings. The molecule has 6 rings (SSSR count). The molecule has 0 spiro atoms. The molecule has 2 aromatic carbocycles. The maximum Gasteiger partial charge on any atom is 0.238 e. The Kier molecular flexibility index (Phi) is 5.70. The summed E-state index contributed by atoms with van der Waals surface area (Å²) < 4.78 is 10.8. The van der Waals surface area contributed by atoms with Crippen LogP contribution < -0.4 is 20.7 Å². The molecule has 2 saturated heterocycles. The van der Waals surface area contributed by atoms with Crippen molar-refractivity contribution in [2.75, 3.05) is 69.4 Å². The Labute approximate surface area is 197 Å². The summed E-state index contributed by atoms with van der Waals surface area (Å²) in [5, 5.41) is 14.1. The van der Waals surface area contributed by atoms with Crippen molar-refractivity contribution in [3.63, 3.8) is 0 Å². The maximum absolute atomic E-state index is 12.7. The zero-order valence-corrected chi connectivity index (χ0v) is 19.0. The van der Waals surface area contributed by atoms with Gasteiger partial charge < -0.3 is 19.7 Å². The second-order valence-electron chi connectivity index (χ2n) is 8.81. The van der Waals surface area contributed by atoms with Crippen LogP contribution in [-0.4, -0.2) is 70.0 Å². The molecule has 0 saturated carbocycles. The van der Waals surface area contributed by atoms with E-state index in [4.69, 9.17) is 9.47 Å². The van der Waals surface area contributed by atoms with Crippen LogP contribution >= 0.6 is 0 Å². The van der Waals surface area contributed by atoms with Crippen LogP contribution in [0.2, 0.25) is 0 Å². The third-order valence-corrected chi connectivity index (χ3v) is 6.67. The number of carbonyl (C=O) groups is 1. The number of morpholine rings is 2. The summed E-state index contributed by atoms with van der Waals surface area (Å²) in [5.74, 6) is -0.0136. The summed E-state index contributed by atoms with van der Waals surface area (Å²) in [7, 11) is 0. The molecule has 1 N–H and O–H groups in total. The second kappa shape index (κ2) is 9.13. The topological polar surface area (TPSA) is 78.8 Å². The number of fused-ring (bicyclic) bond motifs is 2. The summed E-state index contributed by atoms with van der Waals surface area (Å²) in [6.45, 7) is 6.64. The lowest BCUT2D eigenvalue weighted by Gasteiger charge is -2.28. The molecule has 0 radical (unpaired) electrons. The minimum Gasteiger partial charge on any atom is -0.379 e. The summed E-state index contributed by atoms with van der Waals surface area (Å²) in [4.78, 5) is 17.1. The van der Waals surface area contributed by atoms with Gasteiger partial charge in [0.2, 0.25) is 5.91 Å². The molecule has 0 unspecified atom stereocenters. The molecule has 0 bridgehead atoms. The molecule has 34 heavy (non-hydrogen) atoms. The Morgan fingerprint density at radius 1 is 0.882 bits per heavy atom. The predicted octanol–water partition coefficient (Wildman–Crippen LogP) is 1.57. The third kappa shape index (κ3) is 4.04. The van der Waals surface area contributed by atoms with E-state index in [-0.39, 0.29) is 5.91 Å². The fourth-order valence-corrected chi connectivity index (χ4v) is 4.85. The van der Waals surface area contributed by atoms with Gasteiger partial charge in [0.1, 0.15) is 11.4 Å². The molecule has 0 atom stereocenters. The highest BCUT2D eigenvalue weighted by Gasteiger charge is 2.24. The van der Waals surface area contributed by atoms with Gasteiger partial charge in [0.15, 0.2) is 0 Å². The van der Waals surface area contributed by atoms with Gasteiger partial charge in [0.05, 0.1) is 33.0 Å². The standard InChI is InChI=1S/C26H27N5O3/c32-24(17-30-8-12-33-13-9-30)27-23-3-1-2-20-21(23)16-22-25(28-29-26(20)22)18-4-6-19(7-5-18)31-10-14-34-15-11-31/h1-7,16H,8-15,17H2,(H,27,32). The van der Waals surface area contributed by atoms with E-state index in [9.17, 15) is 4.79 Å². The lowest BCUT2D eigenvalue weighted by molar-refractivity contribution is -0.118. The lowest BCUT2D eigenvalue weighted by Crippen LogP contribution is -2.41. The van der Waals surface area contributed by atoms with E-state index < -0.39 is 0 Å². The minimum atomic E-state index is -0.0136. The van der Waals surface area contributed by atoms with Gasteiger partial charge in [-0.1, -0.05) is 24.3 Å². The summed E-state index contributed by atoms with van der Waals surface area (Å²) in [6.07, 6.45) is 2.10. The smallest absolute Gasteiger partial charge is 0.238 e. The van der Waals surface area contributed by atoms with Crippen LogP contribution in [0.1, 0.15) is 5.56 Å². The molecule has 8 heteroatoms. The summed E-state index contributed by atoms with van der Waals surface area (Å²) in [6, 6.07) is 14.4. The first-order valence-electron chi connectivity index (χ1n) is 11.8. The average molecular weight is 458 g/mol. The highest BCUT2D eigenvalue weighted by atomic mass is 16.5. The third-order valence-electron chi connectivity index (χ3n) is 6.67. The Balaban J connectivity index is 1.26. The first-order chi connectivity index (χ1) is 16.8. The van der Waals surface area contributed by atoms with Crippen molar-refractivity contribution in [1.82, 2.24) is 4.90 Å². The zero-order valence-electron chi connectivity index (χ0n) is 19.0. The molecule has 3 aliphatic heterocycles. The van der Waals surface area contributed by atoms with Gasteiger partial charge in [-0.05, 0) is 24.3 Å². The number of hydrogen-bond acceptors (Lipinski definition) is 7. The van der Waals surface area contributed by atoms with E-state index in [1.54, 1.807) is 0 Å². The van der Waals surface area contributed by atoms with Gasteiger partial charge in [0.25, 0.3) is 0 Å². The van der Waals surface area contributed by atoms with Gasteiger partial charge in [-0.2, -0.15) is 0 Å². The van der Waals surface area contributed by atoms with Gasteiger partial charge in [-0.15, -0.1) is 10.2 Å². The van der Waals surface area contributed by atoms with Crippen LogP contribution in [0, 0.1) is 0 Å². The van der Waals surface area contributed by atoms with E-state index >= 15 is 0 Å². The van der Waals surface area contributed by atoms with Crippen molar-refractivity contribution in [2.45, 2.75) is 0 Å². The Bertz CT molecular complexity index is 1290. The normalized spacial score (nSPS) is 19.8. The average Bonchev–Trinajstić information content (AvgIpc) is 3.46. The fraction of sp³-hybridized carbons (Fsp3) is 0.346. The van der Waals surface area contributed by atoms with E-state index in [0.29, 0.717) is 19.8 Å². The van der Waals surface area contributed by atoms with Crippen LogP contribution in [0.3, 0.4) is 0 Å². The van der Waals surface area contributed by atoms with Crippen molar-refractivity contribution >= 4 is 34.8 Å². The molecule has 8 nitrogen and oxygen atoms in total. The highest BCUT2D eigenvalue weighted by molar-refractivity contribution is 5.98. The van der Waals surface area contributed by atoms with Crippen molar-refractivity contribution in [1.29, 1.82) is 0 Å². The van der Waals surface area contributed by atoms with E-state index in [1.807, 2.05) is 18.2 Å². The quantitative estimate of drug-likeness (QED) is 0.738. The summed E-state index contributed by atoms with van der Waals surface area (Å²) >= 11 is 0. The number of azo groups is 1. The molecular weight excluding hydrogens is 430 g/mol. The molecule has 2 aromatic rings. The summed E-state index contributed by atoms with van der Waals surface area (Å²) in [5.41, 5.74) is 5.77. The number of anilines is 2. The number of rotatable bonds is 5. The van der Waals surface area contributed by atoms with E-state index in [0.717, 1.165) is 78.0 Å². The number of nitrogens with zero attached hydrogens (tertiary/aromatic N) is 4. The van der Waals surface area contributed by atoms with Crippen LogP contribution in [0.5, 0.6) is 0 Å². The van der Waals surface area contributed by atoms with Crippen molar-refractivity contribution in [3.05, 3.63) is 64.0 Å². The largest absolute Gasteiger partial charge is 0.379 e. The second-order valence-corrected chi connectivity index (χ2v) is 8.81. The fourth-order valence-electron chi connectivity index (χ4n) is 4.85. The van der Waals surface area contributed by atoms with Crippen molar-refractivity contribution < 1.29 is 14.3 Å². The SMILES string of the molecule is O=C(CN1CCOCC1)Nc1cccc2c1=CC1=C(c3ccc(N4CCOCC4)cc3)N=NC=21. The lowest BCUT2D eigenvalue weighted by atomic mass is 10.1. The molecular formula is C26H27N5O3. The molecule has 1 amide bonds. The van der Waals surface area contributed by atoms with Crippen molar-refractivity contribution in [3.8, 4) is 0 Å². The number of benzene rings is 2. The molecule has 4 aliphatic rings. The molecule has 174 valence electrons. The van der Waals surface area contributed by atoms with Gasteiger partial charge in [-0.25, -0.2) is 0 Å². The van der Waals surface area contributed by atoms with E-state index in [1.165, 1.54) is 5.69 Å². The number of nitrogens with one attached hydrogen (secondary N) is 1. The van der Waals surface area contributed by atoms with Crippen LogP contribution in [0.25, 0.3) is 17.5 Å². The first kappa shape index (κ1) is 21.2. The predicted molar refractivity (Wildman–Crippen MR) is 131 cm³/mol. The van der Waals surface area contributed by atoms with Crippen LogP contribution in [0.15, 0.2) is 58.3 Å². The highest BCUT2D eigenvalue weighted by Crippen LogP contribution is 2.36. The zero-order chi connectivity index (χ0) is 22.9. The number of carbonyl (C=O) groups excluding carboxylic acids is 1. The number of hydrogen-bond donors (Lipinski definition) is 1. The monoisotopic (exact) mass is 457 g/mol. The number of ether oxygens (including phenoxy) is 2. The minimum absolute atomic E-state index is 0.0136. The maximum atomic E-state index is 12.7. The Morgan fingerprint density at radius 3 is 2.35 bits per heavy atom. The van der Waals surface area contributed by atoms with Gasteiger partial charge in [0, 0.05) is 59.1 Å². The van der Waals surface area contributed by atoms with E-state index in [2.05, 4.69) is 55.7 Å². The Hall–Kier alpha value is -3.33. The van der Waals surface area contributed by atoms with Gasteiger partial charge >= 0.3 is 0 Å². The first-order valence-corrected chi connectivity index (χ1v) is 11.8. The molecule has 1 aliphatic carbocycles. The van der Waals surface area contributed by atoms with Gasteiger partial charge in [-0.3, -0.25) is 9.69 Å². The molecule has 3 heterocycles. The van der Waals surface area contributed by atoms with Crippen LogP contribution in [-0.2, 0) is 14.3 Å². The Morgan fingerprint density at radius 2 is 1.59 bits per heavy atom.